The van der Waals surface area contributed by atoms with E-state index in [-0.39, 0.29) is 17.2 Å². The van der Waals surface area contributed by atoms with Crippen LogP contribution in [0.3, 0.4) is 0 Å². The number of amides is 1. The highest BCUT2D eigenvalue weighted by molar-refractivity contribution is 6.21. The lowest BCUT2D eigenvalue weighted by Gasteiger charge is -2.16. The number of unbranched alkanes of at least 4 members (excludes halogenated alkanes) is 1. The lowest BCUT2D eigenvalue weighted by Crippen LogP contribution is -2.35. The first-order chi connectivity index (χ1) is 7.69. The topological polar surface area (TPSA) is 29.1 Å². The summed E-state index contributed by atoms with van der Waals surface area (Å²) in [5, 5.41) is 3.14. The maximum atomic E-state index is 11.9. The zero-order valence-corrected chi connectivity index (χ0v) is 11.2. The van der Waals surface area contributed by atoms with E-state index in [2.05, 4.69) is 19.2 Å². The van der Waals surface area contributed by atoms with E-state index in [1.54, 1.807) is 0 Å². The minimum absolute atomic E-state index is 0.146. The summed E-state index contributed by atoms with van der Waals surface area (Å²) in [5.74, 6) is 1.03. The van der Waals surface area contributed by atoms with Crippen molar-refractivity contribution in [3.8, 4) is 0 Å². The van der Waals surface area contributed by atoms with Crippen LogP contribution in [-0.4, -0.2) is 17.8 Å². The molecule has 0 aliphatic heterocycles. The van der Waals surface area contributed by atoms with Crippen LogP contribution in [0.25, 0.3) is 0 Å². The van der Waals surface area contributed by atoms with Crippen LogP contribution in [0.1, 0.15) is 52.4 Å². The van der Waals surface area contributed by atoms with Gasteiger partial charge in [-0.15, -0.1) is 11.6 Å². The highest BCUT2D eigenvalue weighted by Crippen LogP contribution is 2.35. The first kappa shape index (κ1) is 13.8. The number of rotatable bonds is 8. The molecule has 0 radical (unpaired) electrons. The minimum atomic E-state index is 0.146. The molecule has 2 atom stereocenters. The Hall–Kier alpha value is -0.240. The molecular formula is C13H24ClNO. The van der Waals surface area contributed by atoms with Crippen LogP contribution in [0.5, 0.6) is 0 Å². The molecule has 0 aromatic rings. The van der Waals surface area contributed by atoms with E-state index in [0.717, 1.165) is 25.7 Å². The van der Waals surface area contributed by atoms with Crippen LogP contribution in [-0.2, 0) is 4.79 Å². The normalized spacial score (nSPS) is 19.2. The zero-order valence-electron chi connectivity index (χ0n) is 10.5. The largest absolute Gasteiger partial charge is 0.354 e. The van der Waals surface area contributed by atoms with Crippen molar-refractivity contribution >= 4 is 17.5 Å². The molecule has 0 spiro atoms. The molecule has 0 saturated heterocycles. The zero-order chi connectivity index (χ0) is 12.0. The molecule has 1 amide bonds. The predicted octanol–water partition coefficient (Wildman–Crippen LogP) is 3.34. The van der Waals surface area contributed by atoms with Gasteiger partial charge >= 0.3 is 0 Å². The van der Waals surface area contributed by atoms with Gasteiger partial charge < -0.3 is 5.32 Å². The third-order valence-corrected chi connectivity index (χ3v) is 3.89. The molecule has 1 rings (SSSR count). The lowest BCUT2D eigenvalue weighted by molar-refractivity contribution is -0.125. The van der Waals surface area contributed by atoms with Crippen LogP contribution < -0.4 is 5.32 Å². The van der Waals surface area contributed by atoms with E-state index in [9.17, 15) is 4.79 Å². The van der Waals surface area contributed by atoms with E-state index < -0.39 is 0 Å². The molecule has 0 aromatic heterocycles. The molecule has 1 aliphatic rings. The fourth-order valence-corrected chi connectivity index (χ4v) is 2.27. The van der Waals surface area contributed by atoms with Gasteiger partial charge in [-0.3, -0.25) is 4.79 Å². The summed E-state index contributed by atoms with van der Waals surface area (Å²) in [6.45, 7) is 4.89. The first-order valence-electron chi connectivity index (χ1n) is 6.60. The summed E-state index contributed by atoms with van der Waals surface area (Å²) in [6, 6.07) is 0. The molecule has 1 saturated carbocycles. The molecular weight excluding hydrogens is 222 g/mol. The Morgan fingerprint density at radius 1 is 1.44 bits per heavy atom. The Morgan fingerprint density at radius 2 is 2.12 bits per heavy atom. The monoisotopic (exact) mass is 245 g/mol. The molecule has 1 N–H and O–H groups in total. The van der Waals surface area contributed by atoms with Crippen LogP contribution in [0.15, 0.2) is 0 Å². The molecule has 16 heavy (non-hydrogen) atoms. The van der Waals surface area contributed by atoms with Crippen LogP contribution in [0.2, 0.25) is 0 Å². The van der Waals surface area contributed by atoms with Crippen LogP contribution in [0.4, 0.5) is 0 Å². The number of hydrogen-bond acceptors (Lipinski definition) is 1. The fraction of sp³-hybridized carbons (Fsp3) is 0.923. The summed E-state index contributed by atoms with van der Waals surface area (Å²) in [5.41, 5.74) is 0. The summed E-state index contributed by atoms with van der Waals surface area (Å²) in [4.78, 5) is 11.9. The highest BCUT2D eigenvalue weighted by atomic mass is 35.5. The second-order valence-corrected chi connectivity index (χ2v) is 5.41. The van der Waals surface area contributed by atoms with Gasteiger partial charge in [-0.2, -0.15) is 0 Å². The average molecular weight is 246 g/mol. The second-order valence-electron chi connectivity index (χ2n) is 4.85. The number of carbonyl (C=O) groups is 1. The van der Waals surface area contributed by atoms with E-state index >= 15 is 0 Å². The lowest BCUT2D eigenvalue weighted by atomic mass is 9.98. The number of alkyl halides is 1. The summed E-state index contributed by atoms with van der Waals surface area (Å²) in [7, 11) is 0. The van der Waals surface area contributed by atoms with Crippen molar-refractivity contribution in [2.45, 2.75) is 57.7 Å². The molecule has 2 unspecified atom stereocenters. The van der Waals surface area contributed by atoms with Crippen LogP contribution in [0, 0.1) is 11.8 Å². The standard InChI is InChI=1S/C13H24ClNO/c1-3-5-6-10(4-2)13(16)15-9-12(14)11-7-8-11/h10-12H,3-9H2,1-2H3,(H,15,16). The Morgan fingerprint density at radius 3 is 2.62 bits per heavy atom. The van der Waals surface area contributed by atoms with Crippen molar-refractivity contribution in [2.75, 3.05) is 6.54 Å². The molecule has 0 aromatic carbocycles. The Labute approximate surface area is 104 Å². The van der Waals surface area contributed by atoms with Gasteiger partial charge in [0.15, 0.2) is 0 Å². The van der Waals surface area contributed by atoms with Gasteiger partial charge in [0.1, 0.15) is 0 Å². The third kappa shape index (κ3) is 4.73. The maximum Gasteiger partial charge on any atom is 0.223 e. The molecule has 1 fully saturated rings. The Balaban J connectivity index is 2.19. The van der Waals surface area contributed by atoms with Gasteiger partial charge in [-0.05, 0) is 31.6 Å². The van der Waals surface area contributed by atoms with Crippen LogP contribution >= 0.6 is 11.6 Å². The quantitative estimate of drug-likeness (QED) is 0.653. The second kappa shape index (κ2) is 7.16. The number of hydrogen-bond donors (Lipinski definition) is 1. The first-order valence-corrected chi connectivity index (χ1v) is 7.04. The Kier molecular flexibility index (Phi) is 6.18. The predicted molar refractivity (Wildman–Crippen MR) is 68.7 cm³/mol. The van der Waals surface area contributed by atoms with E-state index in [4.69, 9.17) is 11.6 Å². The third-order valence-electron chi connectivity index (χ3n) is 3.37. The molecule has 3 heteroatoms. The maximum absolute atomic E-state index is 11.9. The van der Waals surface area contributed by atoms with Gasteiger partial charge in [0.2, 0.25) is 5.91 Å². The van der Waals surface area contributed by atoms with Gasteiger partial charge in [0.25, 0.3) is 0 Å². The van der Waals surface area contributed by atoms with Crippen molar-refractivity contribution in [3.63, 3.8) is 0 Å². The SMILES string of the molecule is CCCCC(CC)C(=O)NCC(Cl)C1CC1. The van der Waals surface area contributed by atoms with E-state index in [1.807, 2.05) is 0 Å². The number of carbonyl (C=O) groups excluding carboxylic acids is 1. The van der Waals surface area contributed by atoms with Crippen molar-refractivity contribution in [1.82, 2.24) is 5.32 Å². The average Bonchev–Trinajstić information content (AvgIpc) is 3.10. The summed E-state index contributed by atoms with van der Waals surface area (Å²) in [6.07, 6.45) is 6.70. The van der Waals surface area contributed by atoms with Crippen molar-refractivity contribution in [3.05, 3.63) is 0 Å². The summed E-state index contributed by atoms with van der Waals surface area (Å²) < 4.78 is 0. The van der Waals surface area contributed by atoms with Crippen molar-refractivity contribution in [1.29, 1.82) is 0 Å². The Bertz CT molecular complexity index is 216. The van der Waals surface area contributed by atoms with Gasteiger partial charge in [0, 0.05) is 12.5 Å². The minimum Gasteiger partial charge on any atom is -0.354 e. The van der Waals surface area contributed by atoms with Gasteiger partial charge in [-0.25, -0.2) is 0 Å². The van der Waals surface area contributed by atoms with Gasteiger partial charge in [0.05, 0.1) is 5.38 Å². The molecule has 0 heterocycles. The van der Waals surface area contributed by atoms with Crippen molar-refractivity contribution < 1.29 is 4.79 Å². The van der Waals surface area contributed by atoms with E-state index in [0.29, 0.717) is 12.5 Å². The van der Waals surface area contributed by atoms with Crippen molar-refractivity contribution in [2.24, 2.45) is 11.8 Å². The number of halogens is 1. The molecule has 0 bridgehead atoms. The smallest absolute Gasteiger partial charge is 0.223 e. The molecule has 2 nitrogen and oxygen atoms in total. The number of nitrogens with one attached hydrogen (secondary N) is 1. The molecule has 1 aliphatic carbocycles. The molecule has 94 valence electrons. The van der Waals surface area contributed by atoms with Gasteiger partial charge in [-0.1, -0.05) is 26.7 Å². The summed E-state index contributed by atoms with van der Waals surface area (Å²) >= 11 is 6.16. The van der Waals surface area contributed by atoms with E-state index in [1.165, 1.54) is 12.8 Å². The highest BCUT2D eigenvalue weighted by Gasteiger charge is 2.30. The fourth-order valence-electron chi connectivity index (χ4n) is 1.94.